The molecule has 1 heterocycles. The van der Waals surface area contributed by atoms with Gasteiger partial charge < -0.3 is 20.5 Å². The lowest BCUT2D eigenvalue weighted by atomic mass is 9.74. The minimum atomic E-state index is -4.73. The molecule has 0 bridgehead atoms. The van der Waals surface area contributed by atoms with Crippen LogP contribution in [0.25, 0.3) is 0 Å². The lowest BCUT2D eigenvalue weighted by Gasteiger charge is -2.36. The Morgan fingerprint density at radius 2 is 1.83 bits per heavy atom. The molecule has 0 atom stereocenters. The molecule has 1 aliphatic rings. The molecule has 2 aromatic rings. The summed E-state index contributed by atoms with van der Waals surface area (Å²) in [6, 6.07) is 13.0. The number of alkyl halides is 3. The van der Waals surface area contributed by atoms with Gasteiger partial charge in [0.1, 0.15) is 5.75 Å². The summed E-state index contributed by atoms with van der Waals surface area (Å²) in [6.45, 7) is 1.68. The molecular weight excluding hydrogens is 534 g/mol. The fourth-order valence-electron chi connectivity index (χ4n) is 3.28. The molecule has 5 nitrogen and oxygen atoms in total. The van der Waals surface area contributed by atoms with E-state index in [4.69, 9.17) is 22.1 Å². The molecule has 0 aromatic heterocycles. The highest BCUT2D eigenvalue weighted by Gasteiger charge is 2.34. The van der Waals surface area contributed by atoms with Crippen molar-refractivity contribution in [3.8, 4) is 5.75 Å². The Hall–Kier alpha value is -1.72. The molecule has 0 aliphatic carbocycles. The zero-order chi connectivity index (χ0) is 20.9. The summed E-state index contributed by atoms with van der Waals surface area (Å²) >= 11 is 6.16. The maximum atomic E-state index is 12.2. The number of ether oxygens (including phenoxy) is 2. The Bertz CT molecular complexity index is 857. The average molecular weight is 556 g/mol. The second-order valence-corrected chi connectivity index (χ2v) is 7.24. The van der Waals surface area contributed by atoms with E-state index in [-0.39, 0.29) is 41.1 Å². The van der Waals surface area contributed by atoms with Crippen molar-refractivity contribution in [1.29, 1.82) is 0 Å². The van der Waals surface area contributed by atoms with Crippen LogP contribution in [0.2, 0.25) is 5.02 Å². The number of hydrogen-bond acceptors (Lipinski definition) is 3. The van der Waals surface area contributed by atoms with Crippen LogP contribution in [-0.4, -0.2) is 32.1 Å². The van der Waals surface area contributed by atoms with E-state index >= 15 is 0 Å². The fraction of sp³-hybridized carbons (Fsp3) is 0.350. The Balaban J connectivity index is 0.00000320. The molecule has 1 saturated heterocycles. The Kier molecular flexibility index (Phi) is 8.62. The number of nitrogens with one attached hydrogen (secondary N) is 1. The highest BCUT2D eigenvalue weighted by atomic mass is 127. The molecular formula is C20H22ClF3IN3O2. The SMILES string of the molecule is I.NC(=NCC1(c2cccc(Cl)c2)CCOCC1)Nc1ccc(OC(F)(F)F)cc1. The van der Waals surface area contributed by atoms with Gasteiger partial charge in [0.25, 0.3) is 0 Å². The number of aliphatic imine (C=N–C) groups is 1. The van der Waals surface area contributed by atoms with Gasteiger partial charge in [0.05, 0.1) is 6.54 Å². The van der Waals surface area contributed by atoms with E-state index in [1.807, 2.05) is 24.3 Å². The summed E-state index contributed by atoms with van der Waals surface area (Å²) < 4.78 is 46.1. The van der Waals surface area contributed by atoms with Crippen molar-refractivity contribution in [2.45, 2.75) is 24.6 Å². The number of rotatable bonds is 5. The predicted octanol–water partition coefficient (Wildman–Crippen LogP) is 5.33. The van der Waals surface area contributed by atoms with Gasteiger partial charge in [-0.2, -0.15) is 0 Å². The molecule has 2 aromatic carbocycles. The van der Waals surface area contributed by atoms with Crippen LogP contribution in [0.3, 0.4) is 0 Å². The summed E-state index contributed by atoms with van der Waals surface area (Å²) in [7, 11) is 0. The number of nitrogens with two attached hydrogens (primary N) is 1. The third kappa shape index (κ3) is 6.92. The van der Waals surface area contributed by atoms with Crippen molar-refractivity contribution >= 4 is 47.2 Å². The summed E-state index contributed by atoms with van der Waals surface area (Å²) in [4.78, 5) is 4.48. The molecule has 0 spiro atoms. The molecule has 1 fully saturated rings. The first-order valence-electron chi connectivity index (χ1n) is 9.02. The first-order chi connectivity index (χ1) is 13.8. The van der Waals surface area contributed by atoms with Crippen molar-refractivity contribution in [3.63, 3.8) is 0 Å². The average Bonchev–Trinajstić information content (AvgIpc) is 2.68. The minimum Gasteiger partial charge on any atom is -0.406 e. The largest absolute Gasteiger partial charge is 0.573 e. The second kappa shape index (κ2) is 10.5. The van der Waals surface area contributed by atoms with Gasteiger partial charge in [-0.1, -0.05) is 23.7 Å². The molecule has 164 valence electrons. The van der Waals surface area contributed by atoms with Gasteiger partial charge in [0, 0.05) is 29.3 Å². The minimum absolute atomic E-state index is 0. The zero-order valence-corrected chi connectivity index (χ0v) is 19.0. The van der Waals surface area contributed by atoms with E-state index in [0.29, 0.717) is 30.5 Å². The predicted molar refractivity (Wildman–Crippen MR) is 122 cm³/mol. The van der Waals surface area contributed by atoms with Gasteiger partial charge in [0.2, 0.25) is 0 Å². The number of hydrogen-bond donors (Lipinski definition) is 2. The van der Waals surface area contributed by atoms with Crippen LogP contribution in [-0.2, 0) is 10.2 Å². The van der Waals surface area contributed by atoms with E-state index < -0.39 is 6.36 Å². The van der Waals surface area contributed by atoms with Crippen LogP contribution < -0.4 is 15.8 Å². The Labute approximate surface area is 194 Å². The number of nitrogens with zero attached hydrogens (tertiary/aromatic N) is 1. The van der Waals surface area contributed by atoms with Crippen molar-refractivity contribution < 1.29 is 22.6 Å². The lowest BCUT2D eigenvalue weighted by Crippen LogP contribution is -2.38. The molecule has 30 heavy (non-hydrogen) atoms. The monoisotopic (exact) mass is 555 g/mol. The molecule has 1 aliphatic heterocycles. The Morgan fingerprint density at radius 3 is 2.43 bits per heavy atom. The zero-order valence-electron chi connectivity index (χ0n) is 15.9. The van der Waals surface area contributed by atoms with Crippen molar-refractivity contribution in [2.75, 3.05) is 25.1 Å². The van der Waals surface area contributed by atoms with E-state index in [1.165, 1.54) is 24.3 Å². The smallest absolute Gasteiger partial charge is 0.406 e. The maximum absolute atomic E-state index is 12.2. The summed E-state index contributed by atoms with van der Waals surface area (Å²) in [5.74, 6) is -0.136. The quantitative estimate of drug-likeness (QED) is 0.297. The standard InChI is InChI=1S/C20H21ClF3N3O2.HI/c21-15-3-1-2-14(12-15)19(8-10-28-11-9-19)13-26-18(25)27-16-4-6-17(7-5-16)29-20(22,23)24;/h1-7,12H,8-11,13H2,(H3,25,26,27);1H. The third-order valence-corrected chi connectivity index (χ3v) is 5.03. The highest BCUT2D eigenvalue weighted by Crippen LogP contribution is 2.36. The number of anilines is 1. The normalized spacial score (nSPS) is 16.5. The summed E-state index contributed by atoms with van der Waals surface area (Å²) in [5, 5.41) is 3.54. The second-order valence-electron chi connectivity index (χ2n) is 6.80. The van der Waals surface area contributed by atoms with E-state index in [1.54, 1.807) is 0 Å². The van der Waals surface area contributed by atoms with Gasteiger partial charge in [0.15, 0.2) is 5.96 Å². The number of benzene rings is 2. The molecule has 10 heteroatoms. The first-order valence-corrected chi connectivity index (χ1v) is 9.40. The lowest BCUT2D eigenvalue weighted by molar-refractivity contribution is -0.274. The Morgan fingerprint density at radius 1 is 1.17 bits per heavy atom. The third-order valence-electron chi connectivity index (χ3n) is 4.80. The molecule has 3 rings (SSSR count). The molecule has 0 radical (unpaired) electrons. The van der Waals surface area contributed by atoms with Gasteiger partial charge in [-0.25, -0.2) is 0 Å². The highest BCUT2D eigenvalue weighted by molar-refractivity contribution is 14.0. The van der Waals surface area contributed by atoms with Gasteiger partial charge in [-0.3, -0.25) is 4.99 Å². The number of guanidine groups is 1. The van der Waals surface area contributed by atoms with Crippen molar-refractivity contribution in [3.05, 3.63) is 59.1 Å². The first kappa shape index (κ1) is 24.5. The summed E-state index contributed by atoms with van der Waals surface area (Å²) in [6.07, 6.45) is -3.16. The van der Waals surface area contributed by atoms with E-state index in [0.717, 1.165) is 18.4 Å². The molecule has 0 saturated carbocycles. The van der Waals surface area contributed by atoms with Crippen LogP contribution in [0, 0.1) is 0 Å². The van der Waals surface area contributed by atoms with Crippen molar-refractivity contribution in [2.24, 2.45) is 10.7 Å². The van der Waals surface area contributed by atoms with Crippen LogP contribution in [0.5, 0.6) is 5.75 Å². The summed E-state index contributed by atoms with van der Waals surface area (Å²) in [5.41, 5.74) is 7.35. The van der Waals surface area contributed by atoms with E-state index in [9.17, 15) is 13.2 Å². The van der Waals surface area contributed by atoms with Crippen LogP contribution >= 0.6 is 35.6 Å². The molecule has 3 N–H and O–H groups in total. The van der Waals surface area contributed by atoms with Crippen LogP contribution in [0.1, 0.15) is 18.4 Å². The van der Waals surface area contributed by atoms with Crippen LogP contribution in [0.15, 0.2) is 53.5 Å². The van der Waals surface area contributed by atoms with Gasteiger partial charge >= 0.3 is 6.36 Å². The van der Waals surface area contributed by atoms with Crippen molar-refractivity contribution in [1.82, 2.24) is 0 Å². The van der Waals surface area contributed by atoms with Gasteiger partial charge in [-0.15, -0.1) is 37.1 Å². The number of halogens is 5. The van der Waals surface area contributed by atoms with Gasteiger partial charge in [-0.05, 0) is 54.8 Å². The molecule has 0 unspecified atom stereocenters. The van der Waals surface area contributed by atoms with E-state index in [2.05, 4.69) is 15.0 Å². The topological polar surface area (TPSA) is 68.9 Å². The fourth-order valence-corrected chi connectivity index (χ4v) is 3.47. The van der Waals surface area contributed by atoms with Crippen LogP contribution in [0.4, 0.5) is 18.9 Å². The maximum Gasteiger partial charge on any atom is 0.573 e. The molecule has 0 amide bonds.